The molecular formula is C11H11N4O2S-. The highest BCUT2D eigenvalue weighted by molar-refractivity contribution is 7.99. The van der Waals surface area contributed by atoms with Gasteiger partial charge in [0.2, 0.25) is 5.16 Å². The van der Waals surface area contributed by atoms with Gasteiger partial charge in [0.1, 0.15) is 0 Å². The molecule has 0 aliphatic heterocycles. The monoisotopic (exact) mass is 263 g/mol. The molecule has 0 saturated carbocycles. The summed E-state index contributed by atoms with van der Waals surface area (Å²) in [5.41, 5.74) is 1.94. The summed E-state index contributed by atoms with van der Waals surface area (Å²) in [6.07, 6.45) is -0.0225. The summed E-state index contributed by atoms with van der Waals surface area (Å²) < 4.78 is 1.61. The van der Waals surface area contributed by atoms with E-state index < -0.39 is 5.97 Å². The lowest BCUT2D eigenvalue weighted by Gasteiger charge is -2.07. The predicted molar refractivity (Wildman–Crippen MR) is 64.2 cm³/mol. The number of aliphatic carboxylic acids is 1. The van der Waals surface area contributed by atoms with E-state index in [9.17, 15) is 9.90 Å². The molecule has 0 amide bonds. The quantitative estimate of drug-likeness (QED) is 0.717. The first-order chi connectivity index (χ1) is 8.68. The van der Waals surface area contributed by atoms with Crippen molar-refractivity contribution in [1.29, 1.82) is 0 Å². The third-order valence-corrected chi connectivity index (χ3v) is 3.24. The molecule has 0 unspecified atom stereocenters. The number of hydrogen-bond donors (Lipinski definition) is 0. The lowest BCUT2D eigenvalue weighted by atomic mass is 10.2. The summed E-state index contributed by atoms with van der Waals surface area (Å²) in [5, 5.41) is 22.3. The minimum absolute atomic E-state index is 0.0225. The number of carboxylic acids is 1. The maximum atomic E-state index is 10.4. The third kappa shape index (κ3) is 2.86. The highest BCUT2D eigenvalue weighted by Gasteiger charge is 2.10. The standard InChI is InChI=1S/C11H12N4O2S/c1-8-4-2-3-5-9(8)15-11(12-13-14-15)18-7-6-10(16)17/h2-5H,6-7H2,1H3,(H,16,17)/p-1. The van der Waals surface area contributed by atoms with E-state index in [1.165, 1.54) is 11.8 Å². The first-order valence-electron chi connectivity index (χ1n) is 5.35. The van der Waals surface area contributed by atoms with Gasteiger partial charge in [0.05, 0.1) is 5.69 Å². The molecule has 2 aromatic rings. The van der Waals surface area contributed by atoms with Crippen molar-refractivity contribution in [3.05, 3.63) is 29.8 Å². The number of nitrogens with zero attached hydrogens (tertiary/aromatic N) is 4. The molecule has 94 valence electrons. The first-order valence-corrected chi connectivity index (χ1v) is 6.34. The fourth-order valence-corrected chi connectivity index (χ4v) is 2.25. The Morgan fingerprint density at radius 1 is 1.44 bits per heavy atom. The summed E-state index contributed by atoms with van der Waals surface area (Å²) in [5.74, 6) is -0.688. The van der Waals surface area contributed by atoms with Gasteiger partial charge in [-0.05, 0) is 35.4 Å². The number of rotatable bonds is 5. The van der Waals surface area contributed by atoms with E-state index in [2.05, 4.69) is 15.5 Å². The summed E-state index contributed by atoms with van der Waals surface area (Å²) in [7, 11) is 0. The fraction of sp³-hybridized carbons (Fsp3) is 0.273. The second kappa shape index (κ2) is 5.63. The summed E-state index contributed by atoms with van der Waals surface area (Å²) in [6.45, 7) is 1.96. The van der Waals surface area contributed by atoms with Crippen LogP contribution in [0.25, 0.3) is 5.69 Å². The van der Waals surface area contributed by atoms with Gasteiger partial charge in [-0.3, -0.25) is 0 Å². The van der Waals surface area contributed by atoms with Crippen LogP contribution in [-0.4, -0.2) is 31.9 Å². The van der Waals surface area contributed by atoms with Gasteiger partial charge in [0.25, 0.3) is 0 Å². The first kappa shape index (κ1) is 12.6. The average molecular weight is 263 g/mol. The molecule has 2 rings (SSSR count). The van der Waals surface area contributed by atoms with Crippen LogP contribution in [-0.2, 0) is 4.79 Å². The number of carbonyl (C=O) groups excluding carboxylic acids is 1. The second-order valence-corrected chi connectivity index (χ2v) is 4.69. The molecule has 6 nitrogen and oxygen atoms in total. The van der Waals surface area contributed by atoms with Gasteiger partial charge in [-0.15, -0.1) is 5.10 Å². The van der Waals surface area contributed by atoms with Crippen LogP contribution in [0.15, 0.2) is 29.4 Å². The molecule has 0 radical (unpaired) electrons. The summed E-state index contributed by atoms with van der Waals surface area (Å²) >= 11 is 1.29. The Bertz CT molecular complexity index is 555. The van der Waals surface area contributed by atoms with Crippen LogP contribution < -0.4 is 5.11 Å². The zero-order valence-corrected chi connectivity index (χ0v) is 10.6. The Labute approximate surface area is 108 Å². The lowest BCUT2D eigenvalue weighted by Crippen LogP contribution is -2.22. The molecule has 0 atom stereocenters. The van der Waals surface area contributed by atoms with Crippen molar-refractivity contribution in [3.63, 3.8) is 0 Å². The van der Waals surface area contributed by atoms with Crippen molar-refractivity contribution in [2.24, 2.45) is 0 Å². The lowest BCUT2D eigenvalue weighted by molar-refractivity contribution is -0.305. The van der Waals surface area contributed by atoms with Crippen molar-refractivity contribution in [2.75, 3.05) is 5.75 Å². The predicted octanol–water partition coefficient (Wildman–Crippen LogP) is 0.203. The van der Waals surface area contributed by atoms with Crippen molar-refractivity contribution < 1.29 is 9.90 Å². The molecule has 1 heterocycles. The molecule has 0 fully saturated rings. The van der Waals surface area contributed by atoms with Crippen LogP contribution in [0.5, 0.6) is 0 Å². The SMILES string of the molecule is Cc1ccccc1-n1nnnc1SCCC(=O)[O-]. The maximum Gasteiger partial charge on any atom is 0.214 e. The van der Waals surface area contributed by atoms with Crippen molar-refractivity contribution in [2.45, 2.75) is 18.5 Å². The summed E-state index contributed by atoms with van der Waals surface area (Å²) in [4.78, 5) is 10.4. The van der Waals surface area contributed by atoms with E-state index >= 15 is 0 Å². The van der Waals surface area contributed by atoms with Gasteiger partial charge in [-0.2, -0.15) is 4.68 Å². The third-order valence-electron chi connectivity index (χ3n) is 2.32. The van der Waals surface area contributed by atoms with Crippen molar-refractivity contribution >= 4 is 17.7 Å². The maximum absolute atomic E-state index is 10.4. The van der Waals surface area contributed by atoms with E-state index in [1.54, 1.807) is 4.68 Å². The van der Waals surface area contributed by atoms with E-state index in [0.29, 0.717) is 10.9 Å². The Morgan fingerprint density at radius 2 is 2.22 bits per heavy atom. The van der Waals surface area contributed by atoms with Crippen LogP contribution >= 0.6 is 11.8 Å². The normalized spacial score (nSPS) is 10.5. The number of carbonyl (C=O) groups is 1. The Balaban J connectivity index is 2.18. The zero-order chi connectivity index (χ0) is 13.0. The number of thioether (sulfide) groups is 1. The number of aryl methyl sites for hydroxylation is 1. The Hall–Kier alpha value is -1.89. The van der Waals surface area contributed by atoms with Gasteiger partial charge in [0.15, 0.2) is 0 Å². The van der Waals surface area contributed by atoms with Gasteiger partial charge in [-0.25, -0.2) is 0 Å². The Morgan fingerprint density at radius 3 is 2.94 bits per heavy atom. The molecule has 7 heteroatoms. The molecule has 0 saturated heterocycles. The minimum atomic E-state index is -1.07. The molecule has 18 heavy (non-hydrogen) atoms. The van der Waals surface area contributed by atoms with Crippen LogP contribution in [0.2, 0.25) is 0 Å². The van der Waals surface area contributed by atoms with Crippen molar-refractivity contribution in [1.82, 2.24) is 20.2 Å². The average Bonchev–Trinajstić information content (AvgIpc) is 2.77. The number of aromatic nitrogens is 4. The molecule has 1 aromatic heterocycles. The topological polar surface area (TPSA) is 83.7 Å². The molecule has 0 bridgehead atoms. The largest absolute Gasteiger partial charge is 0.550 e. The Kier molecular flexibility index (Phi) is 3.93. The smallest absolute Gasteiger partial charge is 0.214 e. The minimum Gasteiger partial charge on any atom is -0.550 e. The molecule has 0 aliphatic carbocycles. The van der Waals surface area contributed by atoms with Crippen LogP contribution in [0, 0.1) is 6.92 Å². The molecule has 0 aliphatic rings. The number of hydrogen-bond acceptors (Lipinski definition) is 6. The highest BCUT2D eigenvalue weighted by Crippen LogP contribution is 2.20. The van der Waals surface area contributed by atoms with Crippen molar-refractivity contribution in [3.8, 4) is 5.69 Å². The molecule has 1 aromatic carbocycles. The van der Waals surface area contributed by atoms with Gasteiger partial charge >= 0.3 is 0 Å². The van der Waals surface area contributed by atoms with E-state index in [1.807, 2.05) is 31.2 Å². The van der Waals surface area contributed by atoms with Crippen LogP contribution in [0.4, 0.5) is 0 Å². The van der Waals surface area contributed by atoms with Gasteiger partial charge in [-0.1, -0.05) is 30.0 Å². The van der Waals surface area contributed by atoms with E-state index in [-0.39, 0.29) is 6.42 Å². The van der Waals surface area contributed by atoms with Gasteiger partial charge in [0, 0.05) is 11.7 Å². The second-order valence-electron chi connectivity index (χ2n) is 3.63. The summed E-state index contributed by atoms with van der Waals surface area (Å²) in [6, 6.07) is 7.72. The number of tetrazole rings is 1. The van der Waals surface area contributed by atoms with Crippen LogP contribution in [0.1, 0.15) is 12.0 Å². The van der Waals surface area contributed by atoms with Crippen LogP contribution in [0.3, 0.4) is 0 Å². The number of benzene rings is 1. The zero-order valence-electron chi connectivity index (χ0n) is 9.74. The van der Waals surface area contributed by atoms with E-state index in [4.69, 9.17) is 0 Å². The number of carboxylic acid groups (broad SMARTS) is 1. The highest BCUT2D eigenvalue weighted by atomic mass is 32.2. The molecule has 0 N–H and O–H groups in total. The fourth-order valence-electron chi connectivity index (χ4n) is 1.45. The molecule has 0 spiro atoms. The van der Waals surface area contributed by atoms with E-state index in [0.717, 1.165) is 11.3 Å². The number of para-hydroxylation sites is 1. The van der Waals surface area contributed by atoms with Gasteiger partial charge < -0.3 is 9.90 Å². The molecular weight excluding hydrogens is 252 g/mol.